The van der Waals surface area contributed by atoms with E-state index in [2.05, 4.69) is 25.2 Å². The van der Waals surface area contributed by atoms with Crippen LogP contribution in [-0.4, -0.2) is 72.9 Å². The van der Waals surface area contributed by atoms with Crippen LogP contribution in [0.5, 0.6) is 0 Å². The highest BCUT2D eigenvalue weighted by atomic mass is 16.5. The Hall–Kier alpha value is -2.32. The van der Waals surface area contributed by atoms with Crippen LogP contribution in [0.15, 0.2) is 40.2 Å². The van der Waals surface area contributed by atoms with E-state index in [1.807, 2.05) is 52.7 Å². The molecule has 1 N–H and O–H groups in total. The predicted molar refractivity (Wildman–Crippen MR) is 100.0 cm³/mol. The average molecular weight is 360 g/mol. The van der Waals surface area contributed by atoms with Crippen molar-refractivity contribution >= 4 is 5.96 Å². The van der Waals surface area contributed by atoms with Gasteiger partial charge in [0.2, 0.25) is 0 Å². The Kier molecular flexibility index (Phi) is 5.95. The number of hydrogen-bond donors (Lipinski definition) is 1. The highest BCUT2D eigenvalue weighted by Gasteiger charge is 2.26. The van der Waals surface area contributed by atoms with Gasteiger partial charge in [-0.2, -0.15) is 5.10 Å². The second-order valence-corrected chi connectivity index (χ2v) is 6.68. The van der Waals surface area contributed by atoms with Crippen LogP contribution in [0.3, 0.4) is 0 Å². The second-order valence-electron chi connectivity index (χ2n) is 6.68. The Morgan fingerprint density at radius 1 is 1.50 bits per heavy atom. The standard InChI is InChI=1S/C18H28N6O2/c1-19-18(20-11-15(22(2)3)16-6-5-8-25-16)24-7-9-26-17(13-24)14-10-21-23(4)12-14/h5-6,8,10,12,15,17H,7,9,11,13H2,1-4H3,(H,19,20). The van der Waals surface area contributed by atoms with Crippen LogP contribution < -0.4 is 5.32 Å². The molecule has 0 radical (unpaired) electrons. The average Bonchev–Trinajstić information content (AvgIpc) is 3.30. The number of guanidine groups is 1. The summed E-state index contributed by atoms with van der Waals surface area (Å²) in [5.41, 5.74) is 1.09. The maximum atomic E-state index is 5.92. The lowest BCUT2D eigenvalue weighted by Crippen LogP contribution is -2.49. The molecule has 1 aliphatic heterocycles. The summed E-state index contributed by atoms with van der Waals surface area (Å²) in [7, 11) is 7.82. The van der Waals surface area contributed by atoms with Crippen LogP contribution in [0.1, 0.15) is 23.5 Å². The molecular weight excluding hydrogens is 332 g/mol. The van der Waals surface area contributed by atoms with Gasteiger partial charge in [-0.3, -0.25) is 14.6 Å². The van der Waals surface area contributed by atoms with Gasteiger partial charge in [-0.05, 0) is 26.2 Å². The number of aliphatic imine (C=N–C) groups is 1. The van der Waals surface area contributed by atoms with Gasteiger partial charge in [0.05, 0.1) is 31.7 Å². The van der Waals surface area contributed by atoms with E-state index in [0.717, 1.165) is 30.4 Å². The van der Waals surface area contributed by atoms with Crippen LogP contribution in [-0.2, 0) is 11.8 Å². The van der Waals surface area contributed by atoms with Gasteiger partial charge in [-0.25, -0.2) is 0 Å². The van der Waals surface area contributed by atoms with Crippen molar-refractivity contribution in [2.75, 3.05) is 47.4 Å². The normalized spacial score (nSPS) is 19.8. The van der Waals surface area contributed by atoms with E-state index in [-0.39, 0.29) is 12.1 Å². The molecule has 0 spiro atoms. The van der Waals surface area contributed by atoms with Crippen molar-refractivity contribution in [2.24, 2.45) is 12.0 Å². The molecule has 2 aromatic rings. The largest absolute Gasteiger partial charge is 0.468 e. The number of aromatic nitrogens is 2. The topological polar surface area (TPSA) is 71.1 Å². The summed E-state index contributed by atoms with van der Waals surface area (Å²) < 4.78 is 13.3. The van der Waals surface area contributed by atoms with E-state index < -0.39 is 0 Å². The monoisotopic (exact) mass is 360 g/mol. The number of furan rings is 1. The zero-order valence-corrected chi connectivity index (χ0v) is 15.9. The molecule has 0 aromatic carbocycles. The third-order valence-electron chi connectivity index (χ3n) is 4.62. The first-order chi connectivity index (χ1) is 12.6. The van der Waals surface area contributed by atoms with Crippen LogP contribution in [0.4, 0.5) is 0 Å². The number of morpholine rings is 1. The first-order valence-electron chi connectivity index (χ1n) is 8.84. The Labute approximate surface area is 154 Å². The van der Waals surface area contributed by atoms with Gasteiger partial charge in [0.1, 0.15) is 11.9 Å². The van der Waals surface area contributed by atoms with E-state index >= 15 is 0 Å². The van der Waals surface area contributed by atoms with Crippen LogP contribution in [0.2, 0.25) is 0 Å². The number of likely N-dealkylation sites (N-methyl/N-ethyl adjacent to an activating group) is 1. The van der Waals surface area contributed by atoms with Gasteiger partial charge in [0.15, 0.2) is 5.96 Å². The number of rotatable bonds is 5. The molecule has 0 aliphatic carbocycles. The summed E-state index contributed by atoms with van der Waals surface area (Å²) in [6.07, 6.45) is 5.58. The molecule has 8 heteroatoms. The number of hydrogen-bond acceptors (Lipinski definition) is 5. The SMILES string of the molecule is CN=C(NCC(c1ccco1)N(C)C)N1CCOC(c2cnn(C)c2)C1. The minimum atomic E-state index is 0.00530. The number of nitrogens with one attached hydrogen (secondary N) is 1. The van der Waals surface area contributed by atoms with E-state index in [4.69, 9.17) is 9.15 Å². The van der Waals surface area contributed by atoms with Crippen molar-refractivity contribution in [3.63, 3.8) is 0 Å². The van der Waals surface area contributed by atoms with Crippen molar-refractivity contribution in [3.05, 3.63) is 42.1 Å². The smallest absolute Gasteiger partial charge is 0.193 e. The van der Waals surface area contributed by atoms with E-state index in [9.17, 15) is 0 Å². The molecule has 26 heavy (non-hydrogen) atoms. The fourth-order valence-corrected chi connectivity index (χ4v) is 3.19. The lowest BCUT2D eigenvalue weighted by molar-refractivity contribution is -0.00812. The predicted octanol–water partition coefficient (Wildman–Crippen LogP) is 1.26. The third-order valence-corrected chi connectivity index (χ3v) is 4.62. The highest BCUT2D eigenvalue weighted by Crippen LogP contribution is 2.22. The summed E-state index contributed by atoms with van der Waals surface area (Å²) in [5, 5.41) is 7.73. The Balaban J connectivity index is 1.63. The van der Waals surface area contributed by atoms with Crippen molar-refractivity contribution in [3.8, 4) is 0 Å². The van der Waals surface area contributed by atoms with Gasteiger partial charge in [0, 0.05) is 38.9 Å². The van der Waals surface area contributed by atoms with Gasteiger partial charge < -0.3 is 19.4 Å². The first-order valence-corrected chi connectivity index (χ1v) is 8.84. The molecule has 142 valence electrons. The zero-order chi connectivity index (χ0) is 18.5. The van der Waals surface area contributed by atoms with Gasteiger partial charge >= 0.3 is 0 Å². The molecule has 3 rings (SSSR count). The quantitative estimate of drug-likeness (QED) is 0.639. The lowest BCUT2D eigenvalue weighted by Gasteiger charge is -2.35. The summed E-state index contributed by atoms with van der Waals surface area (Å²) in [6, 6.07) is 4.06. The molecular formula is C18H28N6O2. The van der Waals surface area contributed by atoms with Crippen LogP contribution in [0, 0.1) is 0 Å². The van der Waals surface area contributed by atoms with Crippen LogP contribution >= 0.6 is 0 Å². The third kappa shape index (κ3) is 4.25. The number of ether oxygens (including phenoxy) is 1. The van der Waals surface area contributed by atoms with Gasteiger partial charge in [-0.1, -0.05) is 0 Å². The molecule has 0 bridgehead atoms. The van der Waals surface area contributed by atoms with Crippen molar-refractivity contribution in [2.45, 2.75) is 12.1 Å². The van der Waals surface area contributed by atoms with E-state index in [0.29, 0.717) is 13.2 Å². The molecule has 2 atom stereocenters. The van der Waals surface area contributed by atoms with Gasteiger partial charge in [-0.15, -0.1) is 0 Å². The zero-order valence-electron chi connectivity index (χ0n) is 15.9. The summed E-state index contributed by atoms with van der Waals surface area (Å²) in [5.74, 6) is 1.81. The molecule has 0 amide bonds. The van der Waals surface area contributed by atoms with Crippen molar-refractivity contribution in [1.82, 2.24) is 24.9 Å². The second kappa shape index (κ2) is 8.37. The Morgan fingerprint density at radius 3 is 2.96 bits per heavy atom. The molecule has 3 heterocycles. The summed E-state index contributed by atoms with van der Waals surface area (Å²) >= 11 is 0. The van der Waals surface area contributed by atoms with Crippen molar-refractivity contribution < 1.29 is 9.15 Å². The Bertz CT molecular complexity index is 709. The lowest BCUT2D eigenvalue weighted by atomic mass is 10.1. The molecule has 8 nitrogen and oxygen atoms in total. The molecule has 0 saturated carbocycles. The minimum absolute atomic E-state index is 0.00530. The number of nitrogens with zero attached hydrogens (tertiary/aromatic N) is 5. The maximum Gasteiger partial charge on any atom is 0.193 e. The van der Waals surface area contributed by atoms with Crippen molar-refractivity contribution in [1.29, 1.82) is 0 Å². The van der Waals surface area contributed by atoms with Gasteiger partial charge in [0.25, 0.3) is 0 Å². The van der Waals surface area contributed by atoms with Crippen LogP contribution in [0.25, 0.3) is 0 Å². The molecule has 1 saturated heterocycles. The fraction of sp³-hybridized carbons (Fsp3) is 0.556. The summed E-state index contributed by atoms with van der Waals surface area (Å²) in [6.45, 7) is 2.93. The molecule has 1 aliphatic rings. The fourth-order valence-electron chi connectivity index (χ4n) is 3.19. The highest BCUT2D eigenvalue weighted by molar-refractivity contribution is 5.80. The maximum absolute atomic E-state index is 5.92. The van der Waals surface area contributed by atoms with E-state index in [1.165, 1.54) is 0 Å². The number of aryl methyl sites for hydroxylation is 1. The summed E-state index contributed by atoms with van der Waals surface area (Å²) in [4.78, 5) is 8.83. The molecule has 1 fully saturated rings. The minimum Gasteiger partial charge on any atom is -0.468 e. The molecule has 2 aromatic heterocycles. The first kappa shape index (κ1) is 18.5. The Morgan fingerprint density at radius 2 is 2.35 bits per heavy atom. The van der Waals surface area contributed by atoms with E-state index in [1.54, 1.807) is 10.9 Å². The molecule has 2 unspecified atom stereocenters.